The Morgan fingerprint density at radius 1 is 0.718 bits per heavy atom. The molecule has 0 radical (unpaired) electrons. The van der Waals surface area contributed by atoms with E-state index in [1.54, 1.807) is 37.4 Å². The van der Waals surface area contributed by atoms with E-state index in [4.69, 9.17) is 32.7 Å². The standard InChI is InChI=1S/C33H23Cl2NO3/c1-38-22-15-13-21(14-16-22)20-36-29-10-4-2-7-24(29)32-25(8-6-11-30(32)36)33(37)26-19-23(17-18-27(26)34)39-31-12-5-3-9-28(31)35/h2-19H,20H2,1H3. The number of para-hydroxylation sites is 2. The number of carbonyl (C=O) groups excluding carboxylic acids is 1. The largest absolute Gasteiger partial charge is 0.497 e. The Bertz CT molecular complexity index is 1840. The molecule has 1 heterocycles. The quantitative estimate of drug-likeness (QED) is 0.186. The zero-order valence-electron chi connectivity index (χ0n) is 21.0. The van der Waals surface area contributed by atoms with Gasteiger partial charge in [0.15, 0.2) is 5.78 Å². The highest BCUT2D eigenvalue weighted by Gasteiger charge is 2.21. The minimum Gasteiger partial charge on any atom is -0.497 e. The summed E-state index contributed by atoms with van der Waals surface area (Å²) in [5, 5.41) is 2.73. The highest BCUT2D eigenvalue weighted by molar-refractivity contribution is 6.36. The molecule has 1 aromatic heterocycles. The van der Waals surface area contributed by atoms with Crippen molar-refractivity contribution in [3.63, 3.8) is 0 Å². The van der Waals surface area contributed by atoms with Gasteiger partial charge in [-0.15, -0.1) is 0 Å². The summed E-state index contributed by atoms with van der Waals surface area (Å²) in [6.07, 6.45) is 0. The van der Waals surface area contributed by atoms with Crippen LogP contribution in [0.25, 0.3) is 21.8 Å². The highest BCUT2D eigenvalue weighted by atomic mass is 35.5. The number of methoxy groups -OCH3 is 1. The van der Waals surface area contributed by atoms with Gasteiger partial charge in [-0.2, -0.15) is 0 Å². The van der Waals surface area contributed by atoms with E-state index in [2.05, 4.69) is 28.8 Å². The van der Waals surface area contributed by atoms with Crippen molar-refractivity contribution in [3.05, 3.63) is 136 Å². The van der Waals surface area contributed by atoms with Crippen LogP contribution in [0.1, 0.15) is 21.5 Å². The second-order valence-electron chi connectivity index (χ2n) is 9.15. The van der Waals surface area contributed by atoms with Gasteiger partial charge in [-0.1, -0.05) is 77.8 Å². The fraction of sp³-hybridized carbons (Fsp3) is 0.0606. The summed E-state index contributed by atoms with van der Waals surface area (Å²) in [7, 11) is 1.66. The van der Waals surface area contributed by atoms with Crippen LogP contribution in [-0.2, 0) is 6.54 Å². The Hall–Kier alpha value is -4.25. The molecule has 39 heavy (non-hydrogen) atoms. The Labute approximate surface area is 235 Å². The number of halogens is 2. The van der Waals surface area contributed by atoms with Crippen molar-refractivity contribution >= 4 is 50.8 Å². The molecule has 0 fully saturated rings. The van der Waals surface area contributed by atoms with Crippen molar-refractivity contribution in [1.82, 2.24) is 4.57 Å². The van der Waals surface area contributed by atoms with Gasteiger partial charge < -0.3 is 14.0 Å². The third kappa shape index (κ3) is 4.74. The first-order valence-electron chi connectivity index (χ1n) is 12.4. The zero-order valence-corrected chi connectivity index (χ0v) is 22.5. The molecule has 6 heteroatoms. The molecular formula is C33H23Cl2NO3. The van der Waals surface area contributed by atoms with Crippen LogP contribution in [0, 0.1) is 0 Å². The lowest BCUT2D eigenvalue weighted by molar-refractivity contribution is 0.104. The fourth-order valence-corrected chi connectivity index (χ4v) is 5.29. The monoisotopic (exact) mass is 551 g/mol. The number of ether oxygens (including phenoxy) is 2. The van der Waals surface area contributed by atoms with Crippen LogP contribution in [0.4, 0.5) is 0 Å². The summed E-state index contributed by atoms with van der Waals surface area (Å²) in [5.41, 5.74) is 4.08. The molecule has 0 aliphatic carbocycles. The third-order valence-electron chi connectivity index (χ3n) is 6.79. The van der Waals surface area contributed by atoms with Crippen molar-refractivity contribution in [3.8, 4) is 17.2 Å². The molecule has 192 valence electrons. The number of hydrogen-bond donors (Lipinski definition) is 0. The third-order valence-corrected chi connectivity index (χ3v) is 7.43. The number of ketones is 1. The molecule has 0 aliphatic heterocycles. The summed E-state index contributed by atoms with van der Waals surface area (Å²) in [6.45, 7) is 0.646. The molecule has 0 amide bonds. The average Bonchev–Trinajstić information content (AvgIpc) is 3.29. The van der Waals surface area contributed by atoms with Crippen molar-refractivity contribution in [1.29, 1.82) is 0 Å². The Morgan fingerprint density at radius 2 is 1.44 bits per heavy atom. The number of hydrogen-bond acceptors (Lipinski definition) is 3. The molecule has 0 saturated carbocycles. The molecule has 4 nitrogen and oxygen atoms in total. The summed E-state index contributed by atoms with van der Waals surface area (Å²) in [6, 6.07) is 34.2. The smallest absolute Gasteiger partial charge is 0.195 e. The number of fused-ring (bicyclic) bond motifs is 3. The van der Waals surface area contributed by atoms with Crippen LogP contribution in [-0.4, -0.2) is 17.5 Å². The first-order chi connectivity index (χ1) is 19.0. The number of carbonyl (C=O) groups is 1. The van der Waals surface area contributed by atoms with Gasteiger partial charge in [0.1, 0.15) is 17.2 Å². The maximum atomic E-state index is 14.0. The maximum absolute atomic E-state index is 14.0. The molecule has 6 aromatic rings. The van der Waals surface area contributed by atoms with Gasteiger partial charge in [0.25, 0.3) is 0 Å². The molecule has 0 unspecified atom stereocenters. The normalized spacial score (nSPS) is 11.2. The van der Waals surface area contributed by atoms with E-state index in [9.17, 15) is 4.79 Å². The van der Waals surface area contributed by atoms with Crippen LogP contribution in [0.15, 0.2) is 109 Å². The molecule has 0 aliphatic rings. The number of aromatic nitrogens is 1. The SMILES string of the molecule is COc1ccc(Cn2c3ccccc3c3c(C(=O)c4cc(Oc5ccccc5Cl)ccc4Cl)cccc32)cc1. The van der Waals surface area contributed by atoms with Crippen LogP contribution in [0.5, 0.6) is 17.2 Å². The molecule has 0 atom stereocenters. The van der Waals surface area contributed by atoms with Crippen molar-refractivity contribution < 1.29 is 14.3 Å². The molecule has 5 aromatic carbocycles. The number of nitrogens with zero attached hydrogens (tertiary/aromatic N) is 1. The minimum absolute atomic E-state index is 0.178. The molecule has 6 rings (SSSR count). The molecule has 0 bridgehead atoms. The zero-order chi connectivity index (χ0) is 26.9. The Kier molecular flexibility index (Phi) is 6.74. The number of benzene rings is 5. The van der Waals surface area contributed by atoms with Crippen molar-refractivity contribution in [2.24, 2.45) is 0 Å². The topological polar surface area (TPSA) is 40.5 Å². The predicted molar refractivity (Wildman–Crippen MR) is 158 cm³/mol. The fourth-order valence-electron chi connectivity index (χ4n) is 4.91. The van der Waals surface area contributed by atoms with Gasteiger partial charge in [0, 0.05) is 34.0 Å². The first-order valence-corrected chi connectivity index (χ1v) is 13.2. The molecule has 0 saturated heterocycles. The van der Waals surface area contributed by atoms with Crippen LogP contribution in [0.2, 0.25) is 10.0 Å². The van der Waals surface area contributed by atoms with Crippen LogP contribution < -0.4 is 9.47 Å². The van der Waals surface area contributed by atoms with Crippen molar-refractivity contribution in [2.75, 3.05) is 7.11 Å². The minimum atomic E-state index is -0.178. The van der Waals surface area contributed by atoms with E-state index in [0.717, 1.165) is 33.1 Å². The van der Waals surface area contributed by atoms with Gasteiger partial charge in [0.2, 0.25) is 0 Å². The predicted octanol–water partition coefficient (Wildman–Crippen LogP) is 9.18. The molecular weight excluding hydrogens is 529 g/mol. The van der Waals surface area contributed by atoms with Gasteiger partial charge in [-0.25, -0.2) is 0 Å². The molecule has 0 spiro atoms. The Balaban J connectivity index is 1.45. The van der Waals surface area contributed by atoms with Crippen LogP contribution in [0.3, 0.4) is 0 Å². The van der Waals surface area contributed by atoms with E-state index in [1.165, 1.54) is 0 Å². The van der Waals surface area contributed by atoms with E-state index < -0.39 is 0 Å². The lowest BCUT2D eigenvalue weighted by Gasteiger charge is -2.11. The van der Waals surface area contributed by atoms with E-state index in [1.807, 2.05) is 54.6 Å². The lowest BCUT2D eigenvalue weighted by atomic mass is 9.98. The second kappa shape index (κ2) is 10.5. The lowest BCUT2D eigenvalue weighted by Crippen LogP contribution is -2.04. The summed E-state index contributed by atoms with van der Waals surface area (Å²) >= 11 is 12.8. The highest BCUT2D eigenvalue weighted by Crippen LogP contribution is 2.36. The summed E-state index contributed by atoms with van der Waals surface area (Å²) in [4.78, 5) is 14.0. The first kappa shape index (κ1) is 25.1. The maximum Gasteiger partial charge on any atom is 0.195 e. The molecule has 0 N–H and O–H groups in total. The summed E-state index contributed by atoms with van der Waals surface area (Å²) in [5.74, 6) is 1.61. The van der Waals surface area contributed by atoms with E-state index in [0.29, 0.717) is 39.2 Å². The van der Waals surface area contributed by atoms with Crippen LogP contribution >= 0.6 is 23.2 Å². The number of rotatable bonds is 7. The van der Waals surface area contributed by atoms with Gasteiger partial charge in [-0.05, 0) is 60.2 Å². The average molecular weight is 552 g/mol. The second-order valence-corrected chi connectivity index (χ2v) is 9.97. The van der Waals surface area contributed by atoms with E-state index in [-0.39, 0.29) is 5.78 Å². The van der Waals surface area contributed by atoms with Gasteiger partial charge in [-0.3, -0.25) is 4.79 Å². The van der Waals surface area contributed by atoms with Gasteiger partial charge >= 0.3 is 0 Å². The van der Waals surface area contributed by atoms with Crippen molar-refractivity contribution in [2.45, 2.75) is 6.54 Å². The van der Waals surface area contributed by atoms with E-state index >= 15 is 0 Å². The van der Waals surface area contributed by atoms with Gasteiger partial charge in [0.05, 0.1) is 22.7 Å². The summed E-state index contributed by atoms with van der Waals surface area (Å²) < 4.78 is 13.5. The Morgan fingerprint density at radius 3 is 2.23 bits per heavy atom.